The van der Waals surface area contributed by atoms with E-state index in [0.29, 0.717) is 18.8 Å². The summed E-state index contributed by atoms with van der Waals surface area (Å²) in [5.41, 5.74) is -0.0242. The smallest absolute Gasteiger partial charge is 0.354 e. The molecule has 142 valence electrons. The van der Waals surface area contributed by atoms with E-state index < -0.39 is 21.9 Å². The molecule has 0 atom stereocenters. The SMILES string of the molecule is O=C(O)c1cccc(C(=O)Nc2cccc(S(=O)(=O)N3CCCCC3)c2)n1. The normalized spacial score (nSPS) is 15.3. The molecular weight excluding hydrogens is 370 g/mol. The molecule has 1 aliphatic heterocycles. The fourth-order valence-corrected chi connectivity index (χ4v) is 4.43. The summed E-state index contributed by atoms with van der Waals surface area (Å²) in [6.07, 6.45) is 2.69. The number of nitrogens with one attached hydrogen (secondary N) is 1. The van der Waals surface area contributed by atoms with Gasteiger partial charge in [-0.3, -0.25) is 4.79 Å². The third-order valence-corrected chi connectivity index (χ3v) is 6.14. The Morgan fingerprint density at radius 3 is 2.37 bits per heavy atom. The molecule has 0 radical (unpaired) electrons. The number of aromatic nitrogens is 1. The first-order chi connectivity index (χ1) is 12.9. The predicted molar refractivity (Wildman–Crippen MR) is 98.2 cm³/mol. The number of rotatable bonds is 5. The van der Waals surface area contributed by atoms with Gasteiger partial charge in [-0.2, -0.15) is 4.31 Å². The van der Waals surface area contributed by atoms with Crippen LogP contribution in [0.5, 0.6) is 0 Å². The van der Waals surface area contributed by atoms with Crippen LogP contribution in [0.2, 0.25) is 0 Å². The number of benzene rings is 1. The quantitative estimate of drug-likeness (QED) is 0.810. The average Bonchev–Trinajstić information content (AvgIpc) is 2.69. The lowest BCUT2D eigenvalue weighted by Gasteiger charge is -2.26. The lowest BCUT2D eigenvalue weighted by Crippen LogP contribution is -2.35. The number of piperidine rings is 1. The fourth-order valence-electron chi connectivity index (χ4n) is 2.86. The summed E-state index contributed by atoms with van der Waals surface area (Å²) in [5.74, 6) is -1.86. The van der Waals surface area contributed by atoms with Gasteiger partial charge in [-0.25, -0.2) is 18.2 Å². The maximum atomic E-state index is 12.8. The molecule has 1 amide bonds. The van der Waals surface area contributed by atoms with Crippen LogP contribution in [0.15, 0.2) is 47.4 Å². The molecule has 3 rings (SSSR count). The molecule has 0 saturated carbocycles. The van der Waals surface area contributed by atoms with Gasteiger partial charge in [0, 0.05) is 18.8 Å². The van der Waals surface area contributed by atoms with Gasteiger partial charge >= 0.3 is 5.97 Å². The third-order valence-electron chi connectivity index (χ3n) is 4.25. The highest BCUT2D eigenvalue weighted by molar-refractivity contribution is 7.89. The van der Waals surface area contributed by atoms with E-state index in [1.807, 2.05) is 0 Å². The molecule has 8 nitrogen and oxygen atoms in total. The van der Waals surface area contributed by atoms with Crippen LogP contribution in [0.3, 0.4) is 0 Å². The number of carbonyl (C=O) groups excluding carboxylic acids is 1. The number of carboxylic acids is 1. The highest BCUT2D eigenvalue weighted by Gasteiger charge is 2.26. The molecule has 0 aliphatic carbocycles. The summed E-state index contributed by atoms with van der Waals surface area (Å²) < 4.78 is 27.0. The van der Waals surface area contributed by atoms with Gasteiger partial charge in [0.2, 0.25) is 10.0 Å². The zero-order chi connectivity index (χ0) is 19.4. The van der Waals surface area contributed by atoms with Crippen LogP contribution in [-0.4, -0.2) is 47.8 Å². The van der Waals surface area contributed by atoms with Crippen molar-refractivity contribution < 1.29 is 23.1 Å². The summed E-state index contributed by atoms with van der Waals surface area (Å²) in [7, 11) is -3.61. The van der Waals surface area contributed by atoms with Crippen LogP contribution in [0.4, 0.5) is 5.69 Å². The number of hydrogen-bond acceptors (Lipinski definition) is 5. The largest absolute Gasteiger partial charge is 0.477 e. The van der Waals surface area contributed by atoms with Gasteiger partial charge in [0.25, 0.3) is 5.91 Å². The van der Waals surface area contributed by atoms with E-state index in [2.05, 4.69) is 10.3 Å². The number of aromatic carboxylic acids is 1. The molecule has 2 N–H and O–H groups in total. The molecule has 27 heavy (non-hydrogen) atoms. The minimum absolute atomic E-state index is 0.0702. The van der Waals surface area contributed by atoms with Crippen molar-refractivity contribution in [3.05, 3.63) is 53.9 Å². The van der Waals surface area contributed by atoms with Gasteiger partial charge < -0.3 is 10.4 Å². The standard InChI is InChI=1S/C18H19N3O5S/c22-17(15-8-5-9-16(20-15)18(23)24)19-13-6-4-7-14(12-13)27(25,26)21-10-2-1-3-11-21/h4-9,12H,1-3,10-11H2,(H,19,22)(H,23,24). The highest BCUT2D eigenvalue weighted by atomic mass is 32.2. The first-order valence-corrected chi connectivity index (χ1v) is 9.94. The Balaban J connectivity index is 1.80. The second-order valence-corrected chi connectivity index (χ2v) is 8.10. The Labute approximate surface area is 156 Å². The summed E-state index contributed by atoms with van der Waals surface area (Å²) in [6.45, 7) is 0.982. The second kappa shape index (κ2) is 7.85. The monoisotopic (exact) mass is 389 g/mol. The summed E-state index contributed by atoms with van der Waals surface area (Å²) >= 11 is 0. The van der Waals surface area contributed by atoms with Gasteiger partial charge in [-0.15, -0.1) is 0 Å². The van der Waals surface area contributed by atoms with Crippen molar-refractivity contribution in [1.82, 2.24) is 9.29 Å². The van der Waals surface area contributed by atoms with E-state index >= 15 is 0 Å². The number of amides is 1. The van der Waals surface area contributed by atoms with Crippen LogP contribution in [-0.2, 0) is 10.0 Å². The van der Waals surface area contributed by atoms with E-state index in [9.17, 15) is 18.0 Å². The Bertz CT molecular complexity index is 968. The molecule has 9 heteroatoms. The Kier molecular flexibility index (Phi) is 5.52. The topological polar surface area (TPSA) is 117 Å². The van der Waals surface area contributed by atoms with E-state index in [4.69, 9.17) is 5.11 Å². The van der Waals surface area contributed by atoms with Crippen LogP contribution in [0.1, 0.15) is 40.2 Å². The number of carbonyl (C=O) groups is 2. The zero-order valence-corrected chi connectivity index (χ0v) is 15.3. The fraction of sp³-hybridized carbons (Fsp3) is 0.278. The number of nitrogens with zero attached hydrogens (tertiary/aromatic N) is 2. The van der Waals surface area contributed by atoms with Gasteiger partial charge in [-0.1, -0.05) is 18.6 Å². The summed E-state index contributed by atoms with van der Waals surface area (Å²) in [4.78, 5) is 27.2. The number of anilines is 1. The van der Waals surface area contributed by atoms with Gasteiger partial charge in [0.1, 0.15) is 11.4 Å². The van der Waals surface area contributed by atoms with Crippen LogP contribution in [0, 0.1) is 0 Å². The molecular formula is C18H19N3O5S. The minimum atomic E-state index is -3.61. The Hall–Kier alpha value is -2.78. The molecule has 1 fully saturated rings. The lowest BCUT2D eigenvalue weighted by molar-refractivity contribution is 0.0690. The Morgan fingerprint density at radius 1 is 1.00 bits per heavy atom. The van der Waals surface area contributed by atoms with Crippen molar-refractivity contribution in [3.8, 4) is 0 Å². The molecule has 1 aliphatic rings. The molecule has 0 spiro atoms. The predicted octanol–water partition coefficient (Wildman–Crippen LogP) is 2.21. The van der Waals surface area contributed by atoms with Gasteiger partial charge in [-0.05, 0) is 43.2 Å². The van der Waals surface area contributed by atoms with Crippen molar-refractivity contribution in [2.75, 3.05) is 18.4 Å². The minimum Gasteiger partial charge on any atom is -0.477 e. The zero-order valence-electron chi connectivity index (χ0n) is 14.5. The van der Waals surface area contributed by atoms with E-state index in [1.54, 1.807) is 12.1 Å². The molecule has 0 bridgehead atoms. The number of sulfonamides is 1. The first-order valence-electron chi connectivity index (χ1n) is 8.50. The Morgan fingerprint density at radius 2 is 1.67 bits per heavy atom. The molecule has 1 aromatic carbocycles. The summed E-state index contributed by atoms with van der Waals surface area (Å²) in [5, 5.41) is 11.5. The van der Waals surface area contributed by atoms with Crippen molar-refractivity contribution in [2.24, 2.45) is 0 Å². The summed E-state index contributed by atoms with van der Waals surface area (Å²) in [6, 6.07) is 10.1. The second-order valence-electron chi connectivity index (χ2n) is 6.16. The lowest BCUT2D eigenvalue weighted by atomic mass is 10.2. The maximum Gasteiger partial charge on any atom is 0.354 e. The third kappa shape index (κ3) is 4.32. The van der Waals surface area contributed by atoms with Gasteiger partial charge in [0.15, 0.2) is 0 Å². The van der Waals surface area contributed by atoms with Gasteiger partial charge in [0.05, 0.1) is 4.90 Å². The van der Waals surface area contributed by atoms with Crippen molar-refractivity contribution in [3.63, 3.8) is 0 Å². The maximum absolute atomic E-state index is 12.8. The molecule has 2 heterocycles. The van der Waals surface area contributed by atoms with Crippen molar-refractivity contribution in [1.29, 1.82) is 0 Å². The van der Waals surface area contributed by atoms with E-state index in [0.717, 1.165) is 19.3 Å². The first kappa shape index (κ1) is 19.0. The van der Waals surface area contributed by atoms with Crippen molar-refractivity contribution >= 4 is 27.6 Å². The molecule has 2 aromatic rings. The number of carboxylic acid groups (broad SMARTS) is 1. The van der Waals surface area contributed by atoms with E-state index in [1.165, 1.54) is 34.6 Å². The molecule has 0 unspecified atom stereocenters. The van der Waals surface area contributed by atoms with Crippen molar-refractivity contribution in [2.45, 2.75) is 24.2 Å². The van der Waals surface area contributed by atoms with E-state index in [-0.39, 0.29) is 16.3 Å². The number of hydrogen-bond donors (Lipinski definition) is 2. The number of pyridine rings is 1. The van der Waals surface area contributed by atoms with Crippen LogP contribution < -0.4 is 5.32 Å². The molecule has 1 aromatic heterocycles. The highest BCUT2D eigenvalue weighted by Crippen LogP contribution is 2.23. The van der Waals surface area contributed by atoms with Crippen LogP contribution >= 0.6 is 0 Å². The van der Waals surface area contributed by atoms with Crippen LogP contribution in [0.25, 0.3) is 0 Å². The average molecular weight is 389 g/mol. The molecule has 1 saturated heterocycles.